The quantitative estimate of drug-likeness (QED) is 0.803. The van der Waals surface area contributed by atoms with Gasteiger partial charge in [0.2, 0.25) is 0 Å². The van der Waals surface area contributed by atoms with Crippen molar-refractivity contribution < 1.29 is 4.74 Å². The molecule has 114 valence electrons. The summed E-state index contributed by atoms with van der Waals surface area (Å²) < 4.78 is 6.23. The average Bonchev–Trinajstić information content (AvgIpc) is 2.71. The van der Waals surface area contributed by atoms with Gasteiger partial charge in [0.1, 0.15) is 10.6 Å². The van der Waals surface area contributed by atoms with E-state index in [1.54, 1.807) is 11.3 Å². The molecule has 0 radical (unpaired) electrons. The third-order valence-corrected chi connectivity index (χ3v) is 5.48. The topological polar surface area (TPSA) is 48.1 Å². The van der Waals surface area contributed by atoms with E-state index in [2.05, 4.69) is 13.8 Å². The minimum Gasteiger partial charge on any atom is -0.368 e. The molecule has 0 spiro atoms. The lowest BCUT2D eigenvalue weighted by molar-refractivity contribution is -0.0560. The summed E-state index contributed by atoms with van der Waals surface area (Å²) in [4.78, 5) is 6.20. The SMILES string of the molecule is CCCc1nc(C2(OCC)CCCCCC2)sc1CN. The van der Waals surface area contributed by atoms with Gasteiger partial charge in [0.05, 0.1) is 5.69 Å². The second-order valence-corrected chi connectivity index (χ2v) is 6.77. The molecule has 0 aliphatic heterocycles. The standard InChI is InChI=1S/C16H28N2OS/c1-3-9-13-14(12-17)20-15(18-13)16(19-4-2)10-7-5-6-8-11-16/h3-12,17H2,1-2H3. The van der Waals surface area contributed by atoms with Crippen LogP contribution < -0.4 is 5.73 Å². The number of rotatable bonds is 6. The molecule has 1 fully saturated rings. The van der Waals surface area contributed by atoms with Gasteiger partial charge in [0.15, 0.2) is 0 Å². The first kappa shape index (κ1) is 15.9. The fraction of sp³-hybridized carbons (Fsp3) is 0.812. The van der Waals surface area contributed by atoms with Crippen LogP contribution in [0.5, 0.6) is 0 Å². The fourth-order valence-electron chi connectivity index (χ4n) is 3.17. The Labute approximate surface area is 126 Å². The van der Waals surface area contributed by atoms with E-state index < -0.39 is 0 Å². The first-order valence-corrected chi connectivity index (χ1v) is 8.90. The van der Waals surface area contributed by atoms with Crippen molar-refractivity contribution in [1.82, 2.24) is 4.98 Å². The van der Waals surface area contributed by atoms with Crippen LogP contribution in [0.2, 0.25) is 0 Å². The molecule has 0 amide bonds. The zero-order chi connectivity index (χ0) is 14.4. The van der Waals surface area contributed by atoms with Crippen LogP contribution >= 0.6 is 11.3 Å². The van der Waals surface area contributed by atoms with Crippen molar-refractivity contribution in [2.75, 3.05) is 6.61 Å². The second-order valence-electron chi connectivity index (χ2n) is 5.68. The number of ether oxygens (including phenoxy) is 1. The lowest BCUT2D eigenvalue weighted by atomic mass is 9.95. The third-order valence-electron chi connectivity index (χ3n) is 4.17. The molecule has 1 aliphatic carbocycles. The minimum atomic E-state index is -0.133. The first-order valence-electron chi connectivity index (χ1n) is 8.08. The van der Waals surface area contributed by atoms with Crippen LogP contribution in [0.1, 0.15) is 74.4 Å². The van der Waals surface area contributed by atoms with Crippen LogP contribution in [0.4, 0.5) is 0 Å². The van der Waals surface area contributed by atoms with Gasteiger partial charge in [-0.3, -0.25) is 0 Å². The van der Waals surface area contributed by atoms with Crippen LogP contribution in [0, 0.1) is 0 Å². The normalized spacial score (nSPS) is 18.9. The highest BCUT2D eigenvalue weighted by molar-refractivity contribution is 7.11. The highest BCUT2D eigenvalue weighted by atomic mass is 32.1. The maximum absolute atomic E-state index is 6.23. The largest absolute Gasteiger partial charge is 0.368 e. The predicted molar refractivity (Wildman–Crippen MR) is 85.0 cm³/mol. The van der Waals surface area contributed by atoms with Crippen LogP contribution in [0.15, 0.2) is 0 Å². The fourth-order valence-corrected chi connectivity index (χ4v) is 4.35. The van der Waals surface area contributed by atoms with E-state index in [-0.39, 0.29) is 5.60 Å². The molecule has 1 aromatic rings. The maximum Gasteiger partial charge on any atom is 0.125 e. The minimum absolute atomic E-state index is 0.133. The van der Waals surface area contributed by atoms with Crippen LogP contribution in [0.25, 0.3) is 0 Å². The summed E-state index contributed by atoms with van der Waals surface area (Å²) in [5.74, 6) is 0. The number of aryl methyl sites for hydroxylation is 1. The molecular formula is C16H28N2OS. The van der Waals surface area contributed by atoms with Gasteiger partial charge < -0.3 is 10.5 Å². The van der Waals surface area contributed by atoms with E-state index in [0.29, 0.717) is 6.54 Å². The first-order chi connectivity index (χ1) is 9.75. The van der Waals surface area contributed by atoms with Gasteiger partial charge in [-0.15, -0.1) is 11.3 Å². The molecule has 0 atom stereocenters. The average molecular weight is 296 g/mol. The highest BCUT2D eigenvalue weighted by Crippen LogP contribution is 2.42. The Morgan fingerprint density at radius 3 is 2.45 bits per heavy atom. The summed E-state index contributed by atoms with van der Waals surface area (Å²) in [7, 11) is 0. The van der Waals surface area contributed by atoms with E-state index in [1.807, 2.05) is 0 Å². The Bertz CT molecular complexity index is 409. The van der Waals surface area contributed by atoms with Gasteiger partial charge in [-0.05, 0) is 26.2 Å². The summed E-state index contributed by atoms with van der Waals surface area (Å²) in [5, 5.41) is 1.19. The number of aromatic nitrogens is 1. The van der Waals surface area contributed by atoms with Gasteiger partial charge in [-0.1, -0.05) is 39.0 Å². The summed E-state index contributed by atoms with van der Waals surface area (Å²) in [6.45, 7) is 5.66. The van der Waals surface area contributed by atoms with E-state index in [4.69, 9.17) is 15.5 Å². The summed E-state index contributed by atoms with van der Waals surface area (Å²) in [6, 6.07) is 0. The number of thiazole rings is 1. The Morgan fingerprint density at radius 1 is 1.20 bits per heavy atom. The molecule has 3 nitrogen and oxygen atoms in total. The maximum atomic E-state index is 6.23. The van der Waals surface area contributed by atoms with Crippen molar-refractivity contribution in [2.45, 2.75) is 77.4 Å². The molecule has 0 unspecified atom stereocenters. The number of nitrogens with two attached hydrogens (primary N) is 1. The smallest absolute Gasteiger partial charge is 0.125 e. The lowest BCUT2D eigenvalue weighted by Crippen LogP contribution is -2.29. The van der Waals surface area contributed by atoms with Crippen molar-refractivity contribution in [3.63, 3.8) is 0 Å². The molecule has 1 aliphatic rings. The Hall–Kier alpha value is -0.450. The molecule has 4 heteroatoms. The van der Waals surface area contributed by atoms with E-state index in [0.717, 1.165) is 32.3 Å². The monoisotopic (exact) mass is 296 g/mol. The van der Waals surface area contributed by atoms with E-state index >= 15 is 0 Å². The Morgan fingerprint density at radius 2 is 1.90 bits per heavy atom. The number of nitrogens with zero attached hydrogens (tertiary/aromatic N) is 1. The van der Waals surface area contributed by atoms with E-state index in [1.165, 1.54) is 41.3 Å². The van der Waals surface area contributed by atoms with Crippen molar-refractivity contribution in [3.05, 3.63) is 15.6 Å². The van der Waals surface area contributed by atoms with Gasteiger partial charge >= 0.3 is 0 Å². The predicted octanol–water partition coefficient (Wildman–Crippen LogP) is 4.14. The number of hydrogen-bond donors (Lipinski definition) is 1. The molecule has 1 aromatic heterocycles. The molecule has 1 heterocycles. The zero-order valence-electron chi connectivity index (χ0n) is 12.9. The highest BCUT2D eigenvalue weighted by Gasteiger charge is 2.37. The molecule has 0 aromatic carbocycles. The van der Waals surface area contributed by atoms with Crippen LogP contribution in [-0.4, -0.2) is 11.6 Å². The van der Waals surface area contributed by atoms with Crippen molar-refractivity contribution in [3.8, 4) is 0 Å². The van der Waals surface area contributed by atoms with Crippen molar-refractivity contribution in [1.29, 1.82) is 0 Å². The second kappa shape index (κ2) is 7.53. The van der Waals surface area contributed by atoms with Gasteiger partial charge in [0, 0.05) is 18.0 Å². The summed E-state index contributed by atoms with van der Waals surface area (Å²) >= 11 is 1.79. The van der Waals surface area contributed by atoms with Gasteiger partial charge in [0.25, 0.3) is 0 Å². The molecule has 20 heavy (non-hydrogen) atoms. The molecule has 2 rings (SSSR count). The van der Waals surface area contributed by atoms with Crippen molar-refractivity contribution >= 4 is 11.3 Å². The summed E-state index contributed by atoms with van der Waals surface area (Å²) in [5.41, 5.74) is 6.98. The van der Waals surface area contributed by atoms with Gasteiger partial charge in [-0.2, -0.15) is 0 Å². The number of hydrogen-bond acceptors (Lipinski definition) is 4. The van der Waals surface area contributed by atoms with Crippen LogP contribution in [0.3, 0.4) is 0 Å². The molecule has 1 saturated carbocycles. The Balaban J connectivity index is 2.32. The Kier molecular flexibility index (Phi) is 6.00. The van der Waals surface area contributed by atoms with Crippen LogP contribution in [-0.2, 0) is 23.3 Å². The molecule has 0 saturated heterocycles. The van der Waals surface area contributed by atoms with E-state index in [9.17, 15) is 0 Å². The molecule has 0 bridgehead atoms. The summed E-state index contributed by atoms with van der Waals surface area (Å²) in [6.07, 6.45) is 9.54. The third kappa shape index (κ3) is 3.41. The zero-order valence-corrected chi connectivity index (χ0v) is 13.7. The lowest BCUT2D eigenvalue weighted by Gasteiger charge is -2.30. The van der Waals surface area contributed by atoms with Crippen molar-refractivity contribution in [2.24, 2.45) is 5.73 Å². The molecular weight excluding hydrogens is 268 g/mol. The van der Waals surface area contributed by atoms with Gasteiger partial charge in [-0.25, -0.2) is 4.98 Å². The molecule has 2 N–H and O–H groups in total.